The summed E-state index contributed by atoms with van der Waals surface area (Å²) in [5.41, 5.74) is 3.26. The second-order valence-corrected chi connectivity index (χ2v) is 9.82. The molecule has 0 aliphatic rings. The van der Waals surface area contributed by atoms with E-state index in [4.69, 9.17) is 4.74 Å². The lowest BCUT2D eigenvalue weighted by Gasteiger charge is -2.24. The third-order valence-corrected chi connectivity index (χ3v) is 7.05. The highest BCUT2D eigenvalue weighted by Gasteiger charge is 2.24. The molecule has 0 saturated heterocycles. The van der Waals surface area contributed by atoms with Crippen LogP contribution in [0.5, 0.6) is 5.75 Å². The molecule has 0 fully saturated rings. The Morgan fingerprint density at radius 2 is 1.81 bits per heavy atom. The molecule has 0 aliphatic heterocycles. The Hall–Kier alpha value is -3.40. The van der Waals surface area contributed by atoms with Crippen LogP contribution in [0.25, 0.3) is 10.2 Å². The number of aromatic nitrogens is 1. The molecule has 9 heteroatoms. The first-order valence-corrected chi connectivity index (χ1v) is 12.8. The summed E-state index contributed by atoms with van der Waals surface area (Å²) < 4.78 is 33.7. The number of fused-ring (bicyclic) bond motifs is 1. The zero-order chi connectivity index (χ0) is 26.4. The molecule has 0 bridgehead atoms. The molecule has 3 N–H and O–H groups in total. The highest BCUT2D eigenvalue weighted by atomic mass is 32.1. The number of methoxy groups -OCH3 is 1. The number of nitrogens with one attached hydrogen (secondary N) is 2. The van der Waals surface area contributed by atoms with Gasteiger partial charge in [0.15, 0.2) is 5.01 Å². The van der Waals surface area contributed by atoms with E-state index in [9.17, 15) is 18.7 Å². The SMILES string of the molecule is CCc1cccc(CNC[C@H](O)[C@H](Cc2cc(F)cc(F)c2)NC(=O)c2nc3ccc(OC)cc3s2)c1. The lowest BCUT2D eigenvalue weighted by Crippen LogP contribution is -2.48. The molecular weight excluding hydrogens is 496 g/mol. The van der Waals surface area contributed by atoms with Crippen molar-refractivity contribution in [3.05, 3.63) is 94.0 Å². The number of aryl methyl sites for hydroxylation is 1. The molecule has 1 amide bonds. The van der Waals surface area contributed by atoms with Gasteiger partial charge in [-0.1, -0.05) is 31.2 Å². The highest BCUT2D eigenvalue weighted by molar-refractivity contribution is 7.20. The molecule has 1 aromatic heterocycles. The van der Waals surface area contributed by atoms with Crippen molar-refractivity contribution in [2.45, 2.75) is 38.5 Å². The molecule has 0 saturated carbocycles. The Bertz CT molecular complexity index is 1360. The van der Waals surface area contributed by atoms with Crippen molar-refractivity contribution in [1.82, 2.24) is 15.6 Å². The summed E-state index contributed by atoms with van der Waals surface area (Å²) in [6.45, 7) is 2.77. The number of amides is 1. The van der Waals surface area contributed by atoms with Gasteiger partial charge in [0.25, 0.3) is 5.91 Å². The predicted molar refractivity (Wildman–Crippen MR) is 141 cm³/mol. The van der Waals surface area contributed by atoms with Crippen LogP contribution >= 0.6 is 11.3 Å². The predicted octanol–water partition coefficient (Wildman–Crippen LogP) is 4.64. The number of nitrogens with zero attached hydrogens (tertiary/aromatic N) is 1. The molecule has 2 atom stereocenters. The summed E-state index contributed by atoms with van der Waals surface area (Å²) >= 11 is 1.20. The summed E-state index contributed by atoms with van der Waals surface area (Å²) in [4.78, 5) is 17.5. The number of halogens is 2. The maximum atomic E-state index is 13.8. The largest absolute Gasteiger partial charge is 0.497 e. The van der Waals surface area contributed by atoms with Gasteiger partial charge in [0.1, 0.15) is 17.4 Å². The van der Waals surface area contributed by atoms with Gasteiger partial charge in [0.05, 0.1) is 29.5 Å². The fourth-order valence-corrected chi connectivity index (χ4v) is 4.99. The van der Waals surface area contributed by atoms with Crippen molar-refractivity contribution < 1.29 is 23.4 Å². The standard InChI is InChI=1S/C28H29F2N3O3S/c1-3-17-5-4-6-18(9-17)15-31-16-25(34)24(12-19-10-20(29)13-21(30)11-19)32-27(35)28-33-23-8-7-22(36-2)14-26(23)37-28/h4-11,13-14,24-25,31,34H,3,12,15-16H2,1-2H3,(H,32,35)/t24-,25-/m0/s1. The Morgan fingerprint density at radius 3 is 2.54 bits per heavy atom. The minimum absolute atomic E-state index is 0.0350. The number of thiazole rings is 1. The van der Waals surface area contributed by atoms with Crippen molar-refractivity contribution in [1.29, 1.82) is 0 Å². The molecule has 1 heterocycles. The zero-order valence-electron chi connectivity index (χ0n) is 20.6. The number of benzene rings is 3. The fraction of sp³-hybridized carbons (Fsp3) is 0.286. The van der Waals surface area contributed by atoms with Crippen LogP contribution in [-0.2, 0) is 19.4 Å². The van der Waals surface area contributed by atoms with E-state index in [-0.39, 0.29) is 18.0 Å². The van der Waals surface area contributed by atoms with Crippen molar-refractivity contribution in [2.75, 3.05) is 13.7 Å². The normalized spacial score (nSPS) is 12.9. The summed E-state index contributed by atoms with van der Waals surface area (Å²) in [5, 5.41) is 17.2. The molecule has 0 unspecified atom stereocenters. The first-order valence-electron chi connectivity index (χ1n) is 12.0. The molecule has 37 heavy (non-hydrogen) atoms. The Balaban J connectivity index is 1.49. The maximum Gasteiger partial charge on any atom is 0.280 e. The number of ether oxygens (including phenoxy) is 1. The lowest BCUT2D eigenvalue weighted by atomic mass is 10.0. The van der Waals surface area contributed by atoms with Gasteiger partial charge in [0.2, 0.25) is 0 Å². The van der Waals surface area contributed by atoms with Gasteiger partial charge in [-0.25, -0.2) is 13.8 Å². The number of aliphatic hydroxyl groups excluding tert-OH is 1. The summed E-state index contributed by atoms with van der Waals surface area (Å²) in [6.07, 6.45) is -0.0697. The minimum Gasteiger partial charge on any atom is -0.497 e. The quantitative estimate of drug-likeness (QED) is 0.266. The average Bonchev–Trinajstić information content (AvgIpc) is 3.31. The third kappa shape index (κ3) is 7.09. The van der Waals surface area contributed by atoms with Crippen LogP contribution in [0.3, 0.4) is 0 Å². The number of hydrogen-bond donors (Lipinski definition) is 3. The van der Waals surface area contributed by atoms with Gasteiger partial charge in [0, 0.05) is 19.2 Å². The highest BCUT2D eigenvalue weighted by Crippen LogP contribution is 2.26. The Morgan fingerprint density at radius 1 is 1.05 bits per heavy atom. The van der Waals surface area contributed by atoms with E-state index in [0.29, 0.717) is 23.4 Å². The molecule has 194 valence electrons. The first kappa shape index (κ1) is 26.7. The number of carbonyl (C=O) groups is 1. The molecule has 0 spiro atoms. The van der Waals surface area contributed by atoms with E-state index in [2.05, 4.69) is 34.7 Å². The Labute approximate surface area is 218 Å². The summed E-state index contributed by atoms with van der Waals surface area (Å²) in [5.74, 6) is -1.26. The maximum absolute atomic E-state index is 13.8. The van der Waals surface area contributed by atoms with Gasteiger partial charge in [-0.3, -0.25) is 4.79 Å². The second-order valence-electron chi connectivity index (χ2n) is 8.79. The van der Waals surface area contributed by atoms with Crippen molar-refractivity contribution in [3.8, 4) is 5.75 Å². The molecule has 4 rings (SSSR count). The topological polar surface area (TPSA) is 83.5 Å². The van der Waals surface area contributed by atoms with E-state index < -0.39 is 29.7 Å². The van der Waals surface area contributed by atoms with Gasteiger partial charge in [-0.2, -0.15) is 0 Å². The first-order chi connectivity index (χ1) is 17.8. The van der Waals surface area contributed by atoms with E-state index in [1.54, 1.807) is 25.3 Å². The Kier molecular flexibility index (Phi) is 8.81. The molecule has 3 aromatic carbocycles. The van der Waals surface area contributed by atoms with E-state index >= 15 is 0 Å². The van der Waals surface area contributed by atoms with Crippen molar-refractivity contribution in [3.63, 3.8) is 0 Å². The van der Waals surface area contributed by atoms with Crippen molar-refractivity contribution >= 4 is 27.5 Å². The van der Waals surface area contributed by atoms with Crippen LogP contribution in [0.2, 0.25) is 0 Å². The van der Waals surface area contributed by atoms with E-state index in [1.165, 1.54) is 29.0 Å². The van der Waals surface area contributed by atoms with Crippen LogP contribution < -0.4 is 15.4 Å². The monoisotopic (exact) mass is 525 g/mol. The van der Waals surface area contributed by atoms with Gasteiger partial charge in [-0.15, -0.1) is 11.3 Å². The minimum atomic E-state index is -1.03. The number of rotatable bonds is 11. The number of aliphatic hydroxyl groups is 1. The van der Waals surface area contributed by atoms with E-state index in [0.717, 1.165) is 22.8 Å². The van der Waals surface area contributed by atoms with Crippen molar-refractivity contribution in [2.24, 2.45) is 0 Å². The van der Waals surface area contributed by atoms with Crippen LogP contribution in [0, 0.1) is 11.6 Å². The van der Waals surface area contributed by atoms with Gasteiger partial charge < -0.3 is 20.5 Å². The summed E-state index contributed by atoms with van der Waals surface area (Å²) in [6, 6.07) is 15.8. The molecule has 4 aromatic rings. The number of hydrogen-bond acceptors (Lipinski definition) is 6. The van der Waals surface area contributed by atoms with Crippen LogP contribution in [-0.4, -0.2) is 41.8 Å². The van der Waals surface area contributed by atoms with Crippen LogP contribution in [0.4, 0.5) is 8.78 Å². The second kappa shape index (κ2) is 12.2. The zero-order valence-corrected chi connectivity index (χ0v) is 21.4. The fourth-order valence-electron chi connectivity index (χ4n) is 4.09. The molecule has 6 nitrogen and oxygen atoms in total. The average molecular weight is 526 g/mol. The molecule has 0 radical (unpaired) electrons. The number of carbonyl (C=O) groups excluding carboxylic acids is 1. The van der Waals surface area contributed by atoms with Crippen LogP contribution in [0.15, 0.2) is 60.7 Å². The van der Waals surface area contributed by atoms with Gasteiger partial charge in [-0.05, 0) is 59.9 Å². The molecular formula is C28H29F2N3O3S. The van der Waals surface area contributed by atoms with Gasteiger partial charge >= 0.3 is 0 Å². The van der Waals surface area contributed by atoms with Crippen LogP contribution in [0.1, 0.15) is 33.4 Å². The summed E-state index contributed by atoms with van der Waals surface area (Å²) in [7, 11) is 1.56. The smallest absolute Gasteiger partial charge is 0.280 e. The molecule has 0 aliphatic carbocycles. The third-order valence-electron chi connectivity index (χ3n) is 6.03. The lowest BCUT2D eigenvalue weighted by molar-refractivity contribution is 0.0829. The van der Waals surface area contributed by atoms with E-state index in [1.807, 2.05) is 12.1 Å².